The van der Waals surface area contributed by atoms with Crippen LogP contribution in [-0.4, -0.2) is 81.6 Å². The van der Waals surface area contributed by atoms with E-state index in [0.717, 1.165) is 48.7 Å². The molecule has 0 bridgehead atoms. The van der Waals surface area contributed by atoms with E-state index in [4.69, 9.17) is 17.0 Å². The first kappa shape index (κ1) is 27.7. The average molecular weight is 584 g/mol. The van der Waals surface area contributed by atoms with Gasteiger partial charge in [0.15, 0.2) is 5.84 Å². The molecule has 4 aliphatic rings. The zero-order valence-electron chi connectivity index (χ0n) is 23.7. The number of amidine groups is 1. The van der Waals surface area contributed by atoms with Gasteiger partial charge in [0.25, 0.3) is 0 Å². The van der Waals surface area contributed by atoms with E-state index < -0.39 is 0 Å². The third kappa shape index (κ3) is 5.17. The van der Waals surface area contributed by atoms with Gasteiger partial charge < -0.3 is 14.7 Å². The van der Waals surface area contributed by atoms with Crippen molar-refractivity contribution in [2.45, 2.75) is 38.6 Å². The summed E-state index contributed by atoms with van der Waals surface area (Å²) in [7, 11) is 4.20. The predicted molar refractivity (Wildman–Crippen MR) is 168 cm³/mol. The molecule has 1 N–H and O–H groups in total. The van der Waals surface area contributed by atoms with E-state index in [-0.39, 0.29) is 11.7 Å². The summed E-state index contributed by atoms with van der Waals surface area (Å²) < 4.78 is 18.1. The zero-order valence-corrected chi connectivity index (χ0v) is 25.2. The highest BCUT2D eigenvalue weighted by Gasteiger charge is 2.38. The molecule has 0 atom stereocenters. The monoisotopic (exact) mass is 583 g/mol. The Balaban J connectivity index is 1.12. The molecule has 2 fully saturated rings. The van der Waals surface area contributed by atoms with Crippen LogP contribution in [0.3, 0.4) is 0 Å². The summed E-state index contributed by atoms with van der Waals surface area (Å²) in [4.78, 5) is 9.67. The average Bonchev–Trinajstić information content (AvgIpc) is 3.57. The molecule has 0 saturated carbocycles. The van der Waals surface area contributed by atoms with E-state index in [2.05, 4.69) is 51.2 Å². The van der Waals surface area contributed by atoms with Crippen LogP contribution in [0.2, 0.25) is 0 Å². The van der Waals surface area contributed by atoms with Crippen molar-refractivity contribution in [2.24, 2.45) is 0 Å². The first-order valence-electron chi connectivity index (χ1n) is 14.4. The number of nitrogens with zero attached hydrogens (tertiary/aromatic N) is 6. The Bertz CT molecular complexity index is 1300. The van der Waals surface area contributed by atoms with Crippen LogP contribution < -0.4 is 18.4 Å². The summed E-state index contributed by atoms with van der Waals surface area (Å²) in [5.74, 6) is 0.0196. The number of hydrogen-bond donors (Lipinski definition) is 1. The SMILES string of the molecule is CCc1cc(N2CCC(N3CCN(C)CC3)CC2)ccc1N(C)/C=C(/Cl)C(=N)N1SN2CCc3c(F)ccc1c32. The van der Waals surface area contributed by atoms with Crippen molar-refractivity contribution in [3.8, 4) is 0 Å². The summed E-state index contributed by atoms with van der Waals surface area (Å²) in [5.41, 5.74) is 6.07. The molecular weight excluding hydrogens is 545 g/mol. The van der Waals surface area contributed by atoms with Crippen molar-refractivity contribution in [1.29, 1.82) is 5.41 Å². The maximum atomic E-state index is 14.3. The number of nitrogens with one attached hydrogen (secondary N) is 1. The van der Waals surface area contributed by atoms with E-state index in [1.165, 1.54) is 68.5 Å². The lowest BCUT2D eigenvalue weighted by Crippen LogP contribution is -2.52. The summed E-state index contributed by atoms with van der Waals surface area (Å²) >= 11 is 8.14. The number of likely N-dealkylation sites (N-methyl/N-ethyl adjacent to an activating group) is 1. The van der Waals surface area contributed by atoms with Crippen molar-refractivity contribution < 1.29 is 4.39 Å². The van der Waals surface area contributed by atoms with Gasteiger partial charge in [0.05, 0.1) is 28.5 Å². The minimum atomic E-state index is -0.174. The molecule has 7 nitrogen and oxygen atoms in total. The number of benzene rings is 2. The van der Waals surface area contributed by atoms with Gasteiger partial charge in [-0.2, -0.15) is 0 Å². The number of rotatable bonds is 6. The number of piperazine rings is 1. The van der Waals surface area contributed by atoms with Gasteiger partial charge in [-0.15, -0.1) is 0 Å². The molecule has 6 rings (SSSR count). The molecule has 40 heavy (non-hydrogen) atoms. The van der Waals surface area contributed by atoms with Crippen LogP contribution in [0.4, 0.5) is 27.1 Å². The lowest BCUT2D eigenvalue weighted by atomic mass is 10.0. The molecule has 2 aromatic rings. The molecule has 214 valence electrons. The highest BCUT2D eigenvalue weighted by Crippen LogP contribution is 2.51. The molecule has 2 aromatic carbocycles. The van der Waals surface area contributed by atoms with Gasteiger partial charge in [-0.25, -0.2) is 8.70 Å². The van der Waals surface area contributed by atoms with Gasteiger partial charge in [-0.1, -0.05) is 18.5 Å². The van der Waals surface area contributed by atoms with Crippen molar-refractivity contribution in [2.75, 3.05) is 78.3 Å². The van der Waals surface area contributed by atoms with E-state index >= 15 is 0 Å². The molecule has 0 aromatic heterocycles. The number of halogens is 2. The zero-order chi connectivity index (χ0) is 28.0. The van der Waals surface area contributed by atoms with E-state index in [0.29, 0.717) is 17.5 Å². The maximum absolute atomic E-state index is 14.3. The number of hydrogen-bond acceptors (Lipinski definition) is 7. The van der Waals surface area contributed by atoms with Gasteiger partial charge >= 0.3 is 0 Å². The van der Waals surface area contributed by atoms with Crippen molar-refractivity contribution >= 4 is 52.3 Å². The van der Waals surface area contributed by atoms with E-state index in [1.54, 1.807) is 10.4 Å². The molecule has 0 unspecified atom stereocenters. The molecule has 0 amide bonds. The third-order valence-electron chi connectivity index (χ3n) is 8.86. The molecule has 0 spiro atoms. The molecule has 4 aliphatic heterocycles. The predicted octanol–water partition coefficient (Wildman–Crippen LogP) is 5.54. The van der Waals surface area contributed by atoms with Gasteiger partial charge in [-0.05, 0) is 68.6 Å². The highest BCUT2D eigenvalue weighted by atomic mass is 35.5. The normalized spacial score (nSPS) is 20.4. The van der Waals surface area contributed by atoms with Crippen LogP contribution in [0.15, 0.2) is 41.6 Å². The lowest BCUT2D eigenvalue weighted by molar-refractivity contribution is 0.0982. The standard InChI is InChI=1S/C30H39ClFN7S/c1-4-21-19-23(36-12-9-22(10-13-36)37-17-15-34(2)16-18-37)5-7-27(21)35(3)20-25(31)30(33)39-28-8-6-26(32)24-11-14-38(40-39)29(24)28/h5-8,19-20,22,33H,4,9-18H2,1-3H3/b25-20+,33-30?. The molecule has 10 heteroatoms. The summed E-state index contributed by atoms with van der Waals surface area (Å²) in [5, 5.41) is 9.17. The van der Waals surface area contributed by atoms with Gasteiger partial charge in [0.1, 0.15) is 5.82 Å². The fourth-order valence-corrected chi connectivity index (χ4v) is 7.81. The minimum absolute atomic E-state index is 0.174. The Hall–Kier alpha value is -2.46. The van der Waals surface area contributed by atoms with Crippen LogP contribution in [0.25, 0.3) is 0 Å². The van der Waals surface area contributed by atoms with Crippen LogP contribution in [-0.2, 0) is 12.8 Å². The molecule has 0 aliphatic carbocycles. The third-order valence-corrected chi connectivity index (χ3v) is 10.2. The second-order valence-electron chi connectivity index (χ2n) is 11.3. The largest absolute Gasteiger partial charge is 0.371 e. The van der Waals surface area contributed by atoms with Gasteiger partial charge in [-0.3, -0.25) is 14.6 Å². The number of anilines is 4. The second-order valence-corrected chi connectivity index (χ2v) is 12.7. The van der Waals surface area contributed by atoms with Crippen molar-refractivity contribution in [3.63, 3.8) is 0 Å². The number of aryl methyl sites for hydroxylation is 1. The smallest absolute Gasteiger partial charge is 0.157 e. The highest BCUT2D eigenvalue weighted by molar-refractivity contribution is 8.03. The van der Waals surface area contributed by atoms with Crippen molar-refractivity contribution in [1.82, 2.24) is 9.80 Å². The van der Waals surface area contributed by atoms with E-state index in [9.17, 15) is 4.39 Å². The summed E-state index contributed by atoms with van der Waals surface area (Å²) in [6, 6.07) is 10.7. The Morgan fingerprint density at radius 3 is 2.58 bits per heavy atom. The Kier molecular flexibility index (Phi) is 7.92. The first-order chi connectivity index (χ1) is 19.3. The Morgan fingerprint density at radius 2 is 1.85 bits per heavy atom. The van der Waals surface area contributed by atoms with Crippen LogP contribution in [0.5, 0.6) is 0 Å². The Labute approximate surface area is 246 Å². The maximum Gasteiger partial charge on any atom is 0.157 e. The molecule has 0 radical (unpaired) electrons. The summed E-state index contributed by atoms with van der Waals surface area (Å²) in [6.45, 7) is 9.84. The van der Waals surface area contributed by atoms with Gasteiger partial charge in [0, 0.05) is 82.0 Å². The fourth-order valence-electron chi connectivity index (χ4n) is 6.46. The number of piperidine rings is 1. The van der Waals surface area contributed by atoms with Crippen LogP contribution in [0, 0.1) is 11.2 Å². The van der Waals surface area contributed by atoms with Crippen LogP contribution >= 0.6 is 23.7 Å². The lowest BCUT2D eigenvalue weighted by Gasteiger charge is -2.42. The summed E-state index contributed by atoms with van der Waals surface area (Å²) in [6.07, 6.45) is 5.86. The molecular formula is C30H39ClFN7S. The minimum Gasteiger partial charge on any atom is -0.371 e. The van der Waals surface area contributed by atoms with Crippen LogP contribution in [0.1, 0.15) is 30.9 Å². The van der Waals surface area contributed by atoms with Gasteiger partial charge in [0.2, 0.25) is 0 Å². The molecule has 2 saturated heterocycles. The second kappa shape index (κ2) is 11.4. The first-order valence-corrected chi connectivity index (χ1v) is 15.5. The quantitative estimate of drug-likeness (QED) is 0.272. The Morgan fingerprint density at radius 1 is 1.10 bits per heavy atom. The fraction of sp³-hybridized carbons (Fsp3) is 0.500. The molecule has 4 heterocycles. The topological polar surface area (TPSA) is 43.3 Å². The van der Waals surface area contributed by atoms with E-state index in [1.807, 2.05) is 18.1 Å². The van der Waals surface area contributed by atoms with Crippen molar-refractivity contribution in [3.05, 3.63) is 58.5 Å².